The maximum absolute atomic E-state index is 12.1. The minimum Gasteiger partial charge on any atom is -0.348 e. The van der Waals surface area contributed by atoms with Crippen LogP contribution in [0.15, 0.2) is 53.6 Å². The number of aromatic nitrogens is 4. The molecule has 2 atom stereocenters. The Morgan fingerprint density at radius 2 is 1.75 bits per heavy atom. The lowest BCUT2D eigenvalue weighted by atomic mass is 9.98. The van der Waals surface area contributed by atoms with E-state index >= 15 is 0 Å². The number of rotatable bonds is 10. The molecule has 1 unspecified atom stereocenters. The molecule has 1 aliphatic rings. The number of benzene rings is 1. The minimum atomic E-state index is -0.309. The van der Waals surface area contributed by atoms with Crippen LogP contribution in [0.2, 0.25) is 0 Å². The molecular formula is C27H35N7O2. The number of fused-ring (bicyclic) bond motifs is 1. The number of aryl methyl sites for hydroxylation is 1. The topological polar surface area (TPSA) is 96.3 Å². The summed E-state index contributed by atoms with van der Waals surface area (Å²) in [4.78, 5) is 40.7. The van der Waals surface area contributed by atoms with Gasteiger partial charge in [-0.2, -0.15) is 4.98 Å². The lowest BCUT2D eigenvalue weighted by molar-refractivity contribution is -0.105. The summed E-state index contributed by atoms with van der Waals surface area (Å²) in [6.07, 6.45) is 5.10. The normalized spacial score (nSPS) is 16.5. The Hall–Kier alpha value is -3.43. The maximum Gasteiger partial charge on any atom is 0.349 e. The van der Waals surface area contributed by atoms with Gasteiger partial charge in [0.05, 0.1) is 11.4 Å². The van der Waals surface area contributed by atoms with E-state index in [0.29, 0.717) is 36.3 Å². The molecule has 3 aromatic rings. The van der Waals surface area contributed by atoms with E-state index in [-0.39, 0.29) is 11.7 Å². The zero-order valence-electron chi connectivity index (χ0n) is 21.4. The van der Waals surface area contributed by atoms with Crippen LogP contribution in [0, 0.1) is 0 Å². The lowest BCUT2D eigenvalue weighted by Gasteiger charge is -2.39. The Labute approximate surface area is 211 Å². The van der Waals surface area contributed by atoms with Gasteiger partial charge in [0, 0.05) is 57.7 Å². The van der Waals surface area contributed by atoms with Crippen LogP contribution in [-0.4, -0.2) is 68.3 Å². The fraction of sp³-hybridized carbons (Fsp3) is 0.444. The molecule has 9 nitrogen and oxygen atoms in total. The van der Waals surface area contributed by atoms with Gasteiger partial charge in [-0.3, -0.25) is 19.2 Å². The molecule has 190 valence electrons. The summed E-state index contributed by atoms with van der Waals surface area (Å²) in [5, 5.41) is 4.10. The Bertz CT molecular complexity index is 1260. The maximum atomic E-state index is 12.1. The first kappa shape index (κ1) is 25.7. The largest absolute Gasteiger partial charge is 0.349 e. The molecular weight excluding hydrogens is 454 g/mol. The van der Waals surface area contributed by atoms with E-state index < -0.39 is 0 Å². The molecule has 0 saturated carbocycles. The van der Waals surface area contributed by atoms with Gasteiger partial charge < -0.3 is 5.32 Å². The van der Waals surface area contributed by atoms with E-state index in [9.17, 15) is 9.59 Å². The number of aldehydes is 1. The number of hydrogen-bond acceptors (Lipinski definition) is 8. The first-order valence-electron chi connectivity index (χ1n) is 12.6. The van der Waals surface area contributed by atoms with Crippen LogP contribution in [0.3, 0.4) is 0 Å². The molecule has 2 aromatic heterocycles. The van der Waals surface area contributed by atoms with Gasteiger partial charge in [-0.05, 0) is 37.0 Å². The summed E-state index contributed by atoms with van der Waals surface area (Å²) >= 11 is 0. The van der Waals surface area contributed by atoms with Crippen molar-refractivity contribution in [2.24, 2.45) is 0 Å². The van der Waals surface area contributed by atoms with Crippen LogP contribution in [0.5, 0.6) is 0 Å². The van der Waals surface area contributed by atoms with Crippen molar-refractivity contribution in [3.63, 3.8) is 0 Å². The number of nitrogens with one attached hydrogen (secondary N) is 1. The summed E-state index contributed by atoms with van der Waals surface area (Å²) in [5.41, 5.74) is 3.35. The second-order valence-corrected chi connectivity index (χ2v) is 9.30. The highest BCUT2D eigenvalue weighted by atomic mass is 16.1. The zero-order chi connectivity index (χ0) is 25.7. The molecule has 1 N–H and O–H groups in total. The SMILES string of the molecule is C=C(C=O)CN1CCN(C(CC)c2ccc([C@H](C)Nc3ncc4cnc(=O)n(CC)c4n3)cc2)CC1. The molecule has 1 fully saturated rings. The third-order valence-electron chi connectivity index (χ3n) is 6.91. The first-order valence-corrected chi connectivity index (χ1v) is 12.6. The van der Waals surface area contributed by atoms with Crippen LogP contribution in [0.1, 0.15) is 50.4 Å². The van der Waals surface area contributed by atoms with E-state index in [4.69, 9.17) is 0 Å². The van der Waals surface area contributed by atoms with Crippen LogP contribution in [0.25, 0.3) is 11.0 Å². The van der Waals surface area contributed by atoms with Crippen LogP contribution in [-0.2, 0) is 11.3 Å². The second-order valence-electron chi connectivity index (χ2n) is 9.30. The molecule has 0 spiro atoms. The van der Waals surface area contributed by atoms with E-state index in [2.05, 4.69) is 74.8 Å². The summed E-state index contributed by atoms with van der Waals surface area (Å²) in [5.74, 6) is 0.480. The van der Waals surface area contributed by atoms with Gasteiger partial charge in [0.25, 0.3) is 0 Å². The number of carbonyl (C=O) groups excluding carboxylic acids is 1. The Balaban J connectivity index is 1.42. The Kier molecular flexibility index (Phi) is 8.22. The van der Waals surface area contributed by atoms with Crippen molar-refractivity contribution in [2.75, 3.05) is 38.0 Å². The van der Waals surface area contributed by atoms with E-state index in [1.54, 1.807) is 10.8 Å². The molecule has 1 aliphatic heterocycles. The molecule has 0 aliphatic carbocycles. The number of anilines is 1. The van der Waals surface area contributed by atoms with Crippen molar-refractivity contribution in [1.29, 1.82) is 0 Å². The molecule has 3 heterocycles. The Morgan fingerprint density at radius 3 is 2.39 bits per heavy atom. The van der Waals surface area contributed by atoms with Crippen molar-refractivity contribution >= 4 is 23.3 Å². The summed E-state index contributed by atoms with van der Waals surface area (Å²) in [6, 6.07) is 9.10. The van der Waals surface area contributed by atoms with E-state index in [1.165, 1.54) is 11.8 Å². The zero-order valence-corrected chi connectivity index (χ0v) is 21.4. The highest BCUT2D eigenvalue weighted by Gasteiger charge is 2.24. The molecule has 4 rings (SSSR count). The van der Waals surface area contributed by atoms with Crippen molar-refractivity contribution in [1.82, 2.24) is 29.3 Å². The molecule has 0 radical (unpaired) electrons. The average molecular weight is 490 g/mol. The minimum absolute atomic E-state index is 0.00493. The van der Waals surface area contributed by atoms with Crippen LogP contribution in [0.4, 0.5) is 5.95 Å². The lowest BCUT2D eigenvalue weighted by Crippen LogP contribution is -2.48. The average Bonchev–Trinajstić information content (AvgIpc) is 2.90. The highest BCUT2D eigenvalue weighted by molar-refractivity contribution is 5.74. The van der Waals surface area contributed by atoms with E-state index in [1.807, 2.05) is 6.92 Å². The Morgan fingerprint density at radius 1 is 1.08 bits per heavy atom. The van der Waals surface area contributed by atoms with Gasteiger partial charge in [-0.1, -0.05) is 37.8 Å². The van der Waals surface area contributed by atoms with Crippen molar-refractivity contribution in [2.45, 2.75) is 45.8 Å². The molecule has 1 aromatic carbocycles. The smallest absolute Gasteiger partial charge is 0.348 e. The predicted octanol–water partition coefficient (Wildman–Crippen LogP) is 3.20. The van der Waals surface area contributed by atoms with Gasteiger partial charge in [-0.25, -0.2) is 14.8 Å². The van der Waals surface area contributed by atoms with Gasteiger partial charge >= 0.3 is 5.69 Å². The number of hydrogen-bond donors (Lipinski definition) is 1. The fourth-order valence-corrected chi connectivity index (χ4v) is 4.88. The molecule has 36 heavy (non-hydrogen) atoms. The second kappa shape index (κ2) is 11.5. The summed E-state index contributed by atoms with van der Waals surface area (Å²) < 4.78 is 1.55. The number of carbonyl (C=O) groups is 1. The molecule has 1 saturated heterocycles. The van der Waals surface area contributed by atoms with E-state index in [0.717, 1.165) is 49.8 Å². The first-order chi connectivity index (χ1) is 17.4. The fourth-order valence-electron chi connectivity index (χ4n) is 4.88. The monoisotopic (exact) mass is 489 g/mol. The highest BCUT2D eigenvalue weighted by Crippen LogP contribution is 2.27. The van der Waals surface area contributed by atoms with Crippen molar-refractivity contribution in [3.05, 3.63) is 70.4 Å². The summed E-state index contributed by atoms with van der Waals surface area (Å²) in [6.45, 7) is 15.0. The van der Waals surface area contributed by atoms with Gasteiger partial charge in [0.1, 0.15) is 6.29 Å². The third-order valence-corrected chi connectivity index (χ3v) is 6.91. The van der Waals surface area contributed by atoms with Crippen molar-refractivity contribution < 1.29 is 4.79 Å². The van der Waals surface area contributed by atoms with Crippen LogP contribution >= 0.6 is 0 Å². The molecule has 0 amide bonds. The number of nitrogens with zero attached hydrogens (tertiary/aromatic N) is 6. The van der Waals surface area contributed by atoms with Crippen molar-refractivity contribution in [3.8, 4) is 0 Å². The molecule has 9 heteroatoms. The van der Waals surface area contributed by atoms with Gasteiger partial charge in [0.2, 0.25) is 5.95 Å². The molecule has 0 bridgehead atoms. The quantitative estimate of drug-likeness (QED) is 0.343. The third kappa shape index (κ3) is 5.68. The van der Waals surface area contributed by atoms with Gasteiger partial charge in [0.15, 0.2) is 5.65 Å². The van der Waals surface area contributed by atoms with Gasteiger partial charge in [-0.15, -0.1) is 0 Å². The number of piperazine rings is 1. The standard InChI is InChI=1S/C27H35N7O2/c1-5-24(33-13-11-32(12-14-33)17-19(3)18-35)22-9-7-21(8-10-22)20(4)30-26-28-15-23-16-29-27(36)34(6-2)25(23)31-26/h7-10,15-16,18,20,24H,3,5-6,11-14,17H2,1-2,4H3,(H,28,30,31)/t20-,24?/m0/s1. The van der Waals surface area contributed by atoms with Crippen LogP contribution < -0.4 is 11.0 Å². The predicted molar refractivity (Wildman–Crippen MR) is 142 cm³/mol. The summed E-state index contributed by atoms with van der Waals surface area (Å²) in [7, 11) is 0.